The summed E-state index contributed by atoms with van der Waals surface area (Å²) in [6.45, 7) is 3.97. The highest BCUT2D eigenvalue weighted by Gasteiger charge is 2.27. The van der Waals surface area contributed by atoms with Gasteiger partial charge in [0.1, 0.15) is 18.5 Å². The van der Waals surface area contributed by atoms with Crippen molar-refractivity contribution in [1.29, 1.82) is 0 Å². The van der Waals surface area contributed by atoms with Gasteiger partial charge in [0.2, 0.25) is 0 Å². The maximum atomic E-state index is 12.0. The summed E-state index contributed by atoms with van der Waals surface area (Å²) in [5.41, 5.74) is 11.0. The standard InChI is InChI=1S/C27H32N6O4/c1-17(2)37-27(35)31-19-8-6-18(7-9-19)26-25(28)23-14-22(10-11-24(23)33(26)20-4-3-5-20)36-16-21(34)15-32-29-12-13-30-32/h6-14,17,20-21,34H,3-5,15-16,28H2,1-2H3,(H,31,35). The average Bonchev–Trinajstić information content (AvgIpc) is 3.43. The van der Waals surface area contributed by atoms with Crippen molar-refractivity contribution in [2.24, 2.45) is 0 Å². The number of nitrogens with zero attached hydrogens (tertiary/aromatic N) is 4. The van der Waals surface area contributed by atoms with Crippen molar-refractivity contribution in [3.8, 4) is 17.0 Å². The first kappa shape index (κ1) is 24.6. The number of carbonyl (C=O) groups is 1. The van der Waals surface area contributed by atoms with Crippen LogP contribution in [0.4, 0.5) is 16.2 Å². The number of ether oxygens (including phenoxy) is 2. The van der Waals surface area contributed by atoms with Gasteiger partial charge in [-0.1, -0.05) is 12.1 Å². The first-order chi connectivity index (χ1) is 17.9. The number of rotatable bonds is 9. The third kappa shape index (κ3) is 5.39. The summed E-state index contributed by atoms with van der Waals surface area (Å²) in [5.74, 6) is 0.632. The predicted molar refractivity (Wildman–Crippen MR) is 141 cm³/mol. The van der Waals surface area contributed by atoms with Crippen LogP contribution in [0.3, 0.4) is 0 Å². The first-order valence-electron chi connectivity index (χ1n) is 12.6. The molecule has 10 heteroatoms. The van der Waals surface area contributed by atoms with Crippen LogP contribution in [0, 0.1) is 0 Å². The monoisotopic (exact) mass is 504 g/mol. The summed E-state index contributed by atoms with van der Waals surface area (Å²) < 4.78 is 13.4. The maximum Gasteiger partial charge on any atom is 0.411 e. The van der Waals surface area contributed by atoms with Gasteiger partial charge in [-0.3, -0.25) is 5.32 Å². The van der Waals surface area contributed by atoms with E-state index in [1.807, 2.05) is 56.3 Å². The zero-order valence-electron chi connectivity index (χ0n) is 21.0. The molecule has 37 heavy (non-hydrogen) atoms. The maximum absolute atomic E-state index is 12.0. The second kappa shape index (κ2) is 10.5. The molecule has 2 aromatic carbocycles. The number of nitrogens with two attached hydrogens (primary N) is 1. The number of anilines is 2. The van der Waals surface area contributed by atoms with Gasteiger partial charge in [0.25, 0.3) is 0 Å². The molecule has 4 aromatic rings. The zero-order valence-corrected chi connectivity index (χ0v) is 21.0. The van der Waals surface area contributed by atoms with E-state index in [2.05, 4.69) is 20.1 Å². The van der Waals surface area contributed by atoms with E-state index < -0.39 is 12.2 Å². The third-order valence-electron chi connectivity index (χ3n) is 6.48. The molecule has 1 saturated carbocycles. The van der Waals surface area contributed by atoms with Crippen LogP contribution < -0.4 is 15.8 Å². The molecule has 194 valence electrons. The predicted octanol–water partition coefficient (Wildman–Crippen LogP) is 4.60. The fraction of sp³-hybridized carbons (Fsp3) is 0.370. The van der Waals surface area contributed by atoms with E-state index in [0.29, 0.717) is 23.2 Å². The molecule has 1 amide bonds. The lowest BCUT2D eigenvalue weighted by Crippen LogP contribution is -2.24. The number of carbonyl (C=O) groups excluding carboxylic acids is 1. The molecule has 4 N–H and O–H groups in total. The Morgan fingerprint density at radius 1 is 1.16 bits per heavy atom. The van der Waals surface area contributed by atoms with E-state index in [1.165, 1.54) is 11.2 Å². The number of nitrogens with one attached hydrogen (secondary N) is 1. The Kier molecular flexibility index (Phi) is 7.00. The fourth-order valence-corrected chi connectivity index (χ4v) is 4.57. The van der Waals surface area contributed by atoms with Crippen molar-refractivity contribution >= 4 is 28.4 Å². The van der Waals surface area contributed by atoms with E-state index in [0.717, 1.165) is 35.0 Å². The second-order valence-corrected chi connectivity index (χ2v) is 9.60. The summed E-state index contributed by atoms with van der Waals surface area (Å²) in [7, 11) is 0. The van der Waals surface area contributed by atoms with Crippen LogP contribution in [0.1, 0.15) is 39.2 Å². The Hall–Kier alpha value is -4.05. The van der Waals surface area contributed by atoms with Crippen LogP contribution in [0.2, 0.25) is 0 Å². The molecule has 1 fully saturated rings. The zero-order chi connectivity index (χ0) is 25.9. The molecule has 0 spiro atoms. The Morgan fingerprint density at radius 3 is 2.54 bits per heavy atom. The SMILES string of the molecule is CC(C)OC(=O)Nc1ccc(-c2c(N)c3cc(OCC(O)Cn4nccn4)ccc3n2C2CCC2)cc1. The van der Waals surface area contributed by atoms with Crippen molar-refractivity contribution in [2.45, 2.75) is 57.9 Å². The van der Waals surface area contributed by atoms with E-state index in [1.54, 1.807) is 12.4 Å². The number of hydrogen-bond acceptors (Lipinski definition) is 7. The molecule has 2 heterocycles. The van der Waals surface area contributed by atoms with Crippen LogP contribution in [-0.4, -0.2) is 49.6 Å². The molecule has 10 nitrogen and oxygen atoms in total. The van der Waals surface area contributed by atoms with E-state index in [-0.39, 0.29) is 19.3 Å². The lowest BCUT2D eigenvalue weighted by atomic mass is 9.92. The van der Waals surface area contributed by atoms with Crippen molar-refractivity contribution in [3.05, 3.63) is 54.9 Å². The average molecular weight is 505 g/mol. The Labute approximate surface area is 215 Å². The summed E-state index contributed by atoms with van der Waals surface area (Å²) in [4.78, 5) is 13.4. The van der Waals surface area contributed by atoms with Crippen LogP contribution in [0.25, 0.3) is 22.2 Å². The molecule has 0 radical (unpaired) electrons. The number of hydrogen-bond donors (Lipinski definition) is 3. The van der Waals surface area contributed by atoms with Gasteiger partial charge >= 0.3 is 6.09 Å². The Balaban J connectivity index is 1.39. The van der Waals surface area contributed by atoms with Crippen LogP contribution in [0.15, 0.2) is 54.9 Å². The third-order valence-corrected chi connectivity index (χ3v) is 6.48. The van der Waals surface area contributed by atoms with Crippen molar-refractivity contribution in [1.82, 2.24) is 19.6 Å². The number of fused-ring (bicyclic) bond motifs is 1. The molecule has 5 rings (SSSR count). The molecule has 0 saturated heterocycles. The highest BCUT2D eigenvalue weighted by molar-refractivity contribution is 6.02. The number of aliphatic hydroxyl groups is 1. The second-order valence-electron chi connectivity index (χ2n) is 9.60. The van der Waals surface area contributed by atoms with Crippen molar-refractivity contribution in [2.75, 3.05) is 17.7 Å². The summed E-state index contributed by atoms with van der Waals surface area (Å²) >= 11 is 0. The fourth-order valence-electron chi connectivity index (χ4n) is 4.57. The largest absolute Gasteiger partial charge is 0.491 e. The number of benzene rings is 2. The van der Waals surface area contributed by atoms with Gasteiger partial charge < -0.3 is 24.9 Å². The summed E-state index contributed by atoms with van der Waals surface area (Å²) in [5, 5.41) is 22.0. The van der Waals surface area contributed by atoms with Gasteiger partial charge in [-0.2, -0.15) is 15.0 Å². The van der Waals surface area contributed by atoms with E-state index in [4.69, 9.17) is 15.2 Å². The van der Waals surface area contributed by atoms with Gasteiger partial charge in [0, 0.05) is 22.7 Å². The van der Waals surface area contributed by atoms with Crippen molar-refractivity contribution in [3.63, 3.8) is 0 Å². The topological polar surface area (TPSA) is 129 Å². The van der Waals surface area contributed by atoms with Gasteiger partial charge in [-0.05, 0) is 63.4 Å². The quantitative estimate of drug-likeness (QED) is 0.304. The van der Waals surface area contributed by atoms with Gasteiger partial charge in [-0.25, -0.2) is 4.79 Å². The number of aliphatic hydroxyl groups excluding tert-OH is 1. The molecule has 1 unspecified atom stereocenters. The molecular weight excluding hydrogens is 472 g/mol. The molecule has 0 bridgehead atoms. The number of amides is 1. The van der Waals surface area contributed by atoms with E-state index in [9.17, 15) is 9.90 Å². The van der Waals surface area contributed by atoms with Gasteiger partial charge in [0.05, 0.1) is 41.9 Å². The minimum absolute atomic E-state index is 0.108. The van der Waals surface area contributed by atoms with Crippen LogP contribution in [-0.2, 0) is 11.3 Å². The Bertz CT molecular complexity index is 1360. The van der Waals surface area contributed by atoms with E-state index >= 15 is 0 Å². The Morgan fingerprint density at radius 2 is 1.89 bits per heavy atom. The molecule has 1 aliphatic carbocycles. The minimum atomic E-state index is -0.750. The van der Waals surface area contributed by atoms with Gasteiger partial charge in [-0.15, -0.1) is 0 Å². The number of aromatic nitrogens is 4. The summed E-state index contributed by atoms with van der Waals surface area (Å²) in [6.07, 6.45) is 5.10. The molecule has 1 atom stereocenters. The molecule has 1 aliphatic rings. The highest BCUT2D eigenvalue weighted by atomic mass is 16.6. The van der Waals surface area contributed by atoms with Crippen molar-refractivity contribution < 1.29 is 19.4 Å². The highest BCUT2D eigenvalue weighted by Crippen LogP contribution is 2.44. The molecule has 0 aliphatic heterocycles. The molecule has 2 aromatic heterocycles. The smallest absolute Gasteiger partial charge is 0.411 e. The molecular formula is C27H32N6O4. The lowest BCUT2D eigenvalue weighted by molar-refractivity contribution is 0.0855. The summed E-state index contributed by atoms with van der Waals surface area (Å²) in [6, 6.07) is 13.9. The number of nitrogen functional groups attached to an aromatic ring is 1. The van der Waals surface area contributed by atoms with Crippen LogP contribution in [0.5, 0.6) is 5.75 Å². The lowest BCUT2D eigenvalue weighted by Gasteiger charge is -2.30. The van der Waals surface area contributed by atoms with Crippen LogP contribution >= 0.6 is 0 Å². The minimum Gasteiger partial charge on any atom is -0.491 e. The van der Waals surface area contributed by atoms with Gasteiger partial charge in [0.15, 0.2) is 0 Å². The first-order valence-corrected chi connectivity index (χ1v) is 12.6. The normalized spacial score (nSPS) is 14.5.